The number of amides is 1. The van der Waals surface area contributed by atoms with Crippen LogP contribution in [0.4, 0.5) is 8.78 Å². The summed E-state index contributed by atoms with van der Waals surface area (Å²) >= 11 is 0. The van der Waals surface area contributed by atoms with E-state index < -0.39 is 11.7 Å². The molecule has 6 heteroatoms. The first-order chi connectivity index (χ1) is 11.6. The van der Waals surface area contributed by atoms with Gasteiger partial charge < -0.3 is 9.84 Å². The standard InChI is InChI=1S/C18H14F2N2O2/c19-13-5-3-4-12(10-13)8-9-21-18(23)16-11-17(24-22-16)14-6-1-2-7-15(14)20/h1-7,10-11H,8-9H2,(H,21,23). The highest BCUT2D eigenvalue weighted by atomic mass is 19.1. The SMILES string of the molecule is O=C(NCCc1cccc(F)c1)c1cc(-c2ccccc2F)on1. The second-order valence-electron chi connectivity index (χ2n) is 5.19. The largest absolute Gasteiger partial charge is 0.355 e. The summed E-state index contributed by atoms with van der Waals surface area (Å²) in [5, 5.41) is 6.33. The van der Waals surface area contributed by atoms with Crippen LogP contribution in [0.5, 0.6) is 0 Å². The van der Waals surface area contributed by atoms with Crippen LogP contribution in [0.15, 0.2) is 59.1 Å². The first kappa shape index (κ1) is 15.9. The van der Waals surface area contributed by atoms with Crippen molar-refractivity contribution in [3.8, 4) is 11.3 Å². The summed E-state index contributed by atoms with van der Waals surface area (Å²) in [5.74, 6) is -1.02. The molecule has 0 fully saturated rings. The van der Waals surface area contributed by atoms with Crippen LogP contribution in [-0.2, 0) is 6.42 Å². The van der Waals surface area contributed by atoms with Crippen LogP contribution in [-0.4, -0.2) is 17.6 Å². The molecule has 0 saturated heterocycles. The Morgan fingerprint density at radius 1 is 1.08 bits per heavy atom. The van der Waals surface area contributed by atoms with Crippen molar-refractivity contribution in [1.29, 1.82) is 0 Å². The highest BCUT2D eigenvalue weighted by Gasteiger charge is 2.15. The van der Waals surface area contributed by atoms with Crippen molar-refractivity contribution < 1.29 is 18.1 Å². The van der Waals surface area contributed by atoms with Crippen LogP contribution >= 0.6 is 0 Å². The molecule has 0 aliphatic carbocycles. The molecule has 24 heavy (non-hydrogen) atoms. The average Bonchev–Trinajstić information content (AvgIpc) is 3.05. The maximum atomic E-state index is 13.7. The third-order valence-electron chi connectivity index (χ3n) is 3.47. The van der Waals surface area contributed by atoms with Crippen molar-refractivity contribution >= 4 is 5.91 Å². The zero-order valence-electron chi connectivity index (χ0n) is 12.6. The molecule has 2 aromatic carbocycles. The molecule has 3 rings (SSSR count). The smallest absolute Gasteiger partial charge is 0.273 e. The maximum Gasteiger partial charge on any atom is 0.273 e. The average molecular weight is 328 g/mol. The summed E-state index contributed by atoms with van der Waals surface area (Å²) < 4.78 is 31.8. The molecule has 1 amide bonds. The van der Waals surface area contributed by atoms with Crippen LogP contribution in [0.3, 0.4) is 0 Å². The minimum absolute atomic E-state index is 0.0625. The lowest BCUT2D eigenvalue weighted by Gasteiger charge is -2.03. The molecule has 4 nitrogen and oxygen atoms in total. The fourth-order valence-corrected chi connectivity index (χ4v) is 2.27. The van der Waals surface area contributed by atoms with Gasteiger partial charge in [-0.15, -0.1) is 0 Å². The van der Waals surface area contributed by atoms with Gasteiger partial charge in [0.15, 0.2) is 11.5 Å². The van der Waals surface area contributed by atoms with Crippen molar-refractivity contribution in [2.45, 2.75) is 6.42 Å². The van der Waals surface area contributed by atoms with E-state index in [4.69, 9.17) is 4.52 Å². The predicted molar refractivity (Wildman–Crippen MR) is 84.3 cm³/mol. The summed E-state index contributed by atoms with van der Waals surface area (Å²) in [7, 11) is 0. The molecule has 0 unspecified atom stereocenters. The predicted octanol–water partition coefficient (Wildman–Crippen LogP) is 3.59. The minimum Gasteiger partial charge on any atom is -0.355 e. The topological polar surface area (TPSA) is 55.1 Å². The van der Waals surface area contributed by atoms with Crippen molar-refractivity contribution in [2.24, 2.45) is 0 Å². The molecular weight excluding hydrogens is 314 g/mol. The Bertz CT molecular complexity index is 861. The van der Waals surface area contributed by atoms with E-state index >= 15 is 0 Å². The Kier molecular flexibility index (Phi) is 4.65. The van der Waals surface area contributed by atoms with E-state index in [1.807, 2.05) is 0 Å². The van der Waals surface area contributed by atoms with Crippen molar-refractivity contribution in [2.75, 3.05) is 6.54 Å². The van der Waals surface area contributed by atoms with Gasteiger partial charge in [-0.05, 0) is 36.2 Å². The molecule has 3 aromatic rings. The normalized spacial score (nSPS) is 10.6. The molecule has 0 saturated carbocycles. The number of benzene rings is 2. The Balaban J connectivity index is 1.61. The van der Waals surface area contributed by atoms with E-state index in [1.54, 1.807) is 30.3 Å². The summed E-state index contributed by atoms with van der Waals surface area (Å²) in [6.45, 7) is 0.324. The summed E-state index contributed by atoms with van der Waals surface area (Å²) in [4.78, 5) is 12.0. The fraction of sp³-hybridized carbons (Fsp3) is 0.111. The van der Waals surface area contributed by atoms with Gasteiger partial charge in [0.2, 0.25) is 0 Å². The number of carbonyl (C=O) groups is 1. The highest BCUT2D eigenvalue weighted by Crippen LogP contribution is 2.23. The Morgan fingerprint density at radius 2 is 1.92 bits per heavy atom. The van der Waals surface area contributed by atoms with E-state index in [0.29, 0.717) is 13.0 Å². The number of rotatable bonds is 5. The number of nitrogens with one attached hydrogen (secondary N) is 1. The molecule has 122 valence electrons. The van der Waals surface area contributed by atoms with Crippen LogP contribution in [0.25, 0.3) is 11.3 Å². The van der Waals surface area contributed by atoms with Gasteiger partial charge in [-0.25, -0.2) is 8.78 Å². The third-order valence-corrected chi connectivity index (χ3v) is 3.47. The second-order valence-corrected chi connectivity index (χ2v) is 5.19. The molecule has 0 aliphatic heterocycles. The lowest BCUT2D eigenvalue weighted by atomic mass is 10.1. The monoisotopic (exact) mass is 328 g/mol. The lowest BCUT2D eigenvalue weighted by molar-refractivity contribution is 0.0945. The van der Waals surface area contributed by atoms with Crippen molar-refractivity contribution in [3.63, 3.8) is 0 Å². The fourth-order valence-electron chi connectivity index (χ4n) is 2.27. The van der Waals surface area contributed by atoms with E-state index in [9.17, 15) is 13.6 Å². The van der Waals surface area contributed by atoms with Gasteiger partial charge in [-0.1, -0.05) is 29.4 Å². The molecule has 0 bridgehead atoms. The van der Waals surface area contributed by atoms with E-state index in [2.05, 4.69) is 10.5 Å². The zero-order valence-corrected chi connectivity index (χ0v) is 12.6. The molecule has 1 aromatic heterocycles. The summed E-state index contributed by atoms with van der Waals surface area (Å²) in [5.41, 5.74) is 1.08. The number of halogens is 2. The van der Waals surface area contributed by atoms with E-state index in [-0.39, 0.29) is 22.8 Å². The van der Waals surface area contributed by atoms with Crippen LogP contribution in [0, 0.1) is 11.6 Å². The number of nitrogens with zero attached hydrogens (tertiary/aromatic N) is 1. The summed E-state index contributed by atoms with van der Waals surface area (Å²) in [6.07, 6.45) is 0.488. The molecule has 0 radical (unpaired) electrons. The zero-order chi connectivity index (χ0) is 16.9. The molecular formula is C18H14F2N2O2. The van der Waals surface area contributed by atoms with Crippen molar-refractivity contribution in [3.05, 3.63) is 77.5 Å². The van der Waals surface area contributed by atoms with Gasteiger partial charge in [-0.2, -0.15) is 0 Å². The maximum absolute atomic E-state index is 13.7. The van der Waals surface area contributed by atoms with Crippen LogP contribution < -0.4 is 5.32 Å². The lowest BCUT2D eigenvalue weighted by Crippen LogP contribution is -2.25. The van der Waals surface area contributed by atoms with Gasteiger partial charge in [0.1, 0.15) is 11.6 Å². The van der Waals surface area contributed by atoms with Gasteiger partial charge in [0.25, 0.3) is 5.91 Å². The Hall–Kier alpha value is -3.02. The summed E-state index contributed by atoms with van der Waals surface area (Å²) in [6, 6.07) is 13.6. The van der Waals surface area contributed by atoms with Gasteiger partial charge in [0, 0.05) is 12.6 Å². The number of carbonyl (C=O) groups excluding carboxylic acids is 1. The third kappa shape index (κ3) is 3.65. The Labute approximate surface area is 137 Å². The van der Waals surface area contributed by atoms with Gasteiger partial charge >= 0.3 is 0 Å². The number of aromatic nitrogens is 1. The minimum atomic E-state index is -0.452. The molecule has 0 aliphatic rings. The number of hydrogen-bond acceptors (Lipinski definition) is 3. The van der Waals surface area contributed by atoms with E-state index in [1.165, 1.54) is 24.3 Å². The molecule has 0 atom stereocenters. The van der Waals surface area contributed by atoms with E-state index in [0.717, 1.165) is 5.56 Å². The van der Waals surface area contributed by atoms with Crippen LogP contribution in [0.2, 0.25) is 0 Å². The second kappa shape index (κ2) is 7.04. The molecule has 1 N–H and O–H groups in total. The van der Waals surface area contributed by atoms with Gasteiger partial charge in [0.05, 0.1) is 5.56 Å². The van der Waals surface area contributed by atoms with Crippen molar-refractivity contribution in [1.82, 2.24) is 10.5 Å². The quantitative estimate of drug-likeness (QED) is 0.779. The van der Waals surface area contributed by atoms with Crippen LogP contribution in [0.1, 0.15) is 16.1 Å². The first-order valence-electron chi connectivity index (χ1n) is 7.38. The molecule has 1 heterocycles. The first-order valence-corrected chi connectivity index (χ1v) is 7.38. The molecule has 0 spiro atoms. The Morgan fingerprint density at radius 3 is 2.71 bits per heavy atom. The highest BCUT2D eigenvalue weighted by molar-refractivity contribution is 5.93. The van der Waals surface area contributed by atoms with Gasteiger partial charge in [-0.3, -0.25) is 4.79 Å². The number of hydrogen-bond donors (Lipinski definition) is 1.